The number of ether oxygens (including phenoxy) is 2. The Labute approximate surface area is 168 Å². The molecule has 1 atom stereocenters. The minimum atomic E-state index is -3.05. The van der Waals surface area contributed by atoms with E-state index in [0.29, 0.717) is 39.9 Å². The molecule has 0 saturated carbocycles. The van der Waals surface area contributed by atoms with Crippen molar-refractivity contribution in [3.63, 3.8) is 0 Å². The predicted octanol–water partition coefficient (Wildman–Crippen LogP) is 3.12. The van der Waals surface area contributed by atoms with E-state index in [1.54, 1.807) is 35.9 Å². The maximum atomic E-state index is 12.6. The lowest BCUT2D eigenvalue weighted by Crippen LogP contribution is -2.12. The smallest absolute Gasteiger partial charge is 0.189 e. The van der Waals surface area contributed by atoms with Gasteiger partial charge in [0.2, 0.25) is 0 Å². The van der Waals surface area contributed by atoms with Crippen LogP contribution in [0.4, 0.5) is 0 Å². The second-order valence-corrected chi connectivity index (χ2v) is 9.14. The van der Waals surface area contributed by atoms with Gasteiger partial charge in [0.25, 0.3) is 0 Å². The molecule has 0 bridgehead atoms. The van der Waals surface area contributed by atoms with Crippen molar-refractivity contribution in [3.05, 3.63) is 46.2 Å². The van der Waals surface area contributed by atoms with Gasteiger partial charge in [-0.15, -0.1) is 0 Å². The van der Waals surface area contributed by atoms with Crippen molar-refractivity contribution in [1.29, 1.82) is 0 Å². The minimum absolute atomic E-state index is 0.0268. The molecule has 2 aromatic rings. The van der Waals surface area contributed by atoms with Crippen LogP contribution in [0.1, 0.15) is 34.1 Å². The predicted molar refractivity (Wildman–Crippen MR) is 107 cm³/mol. The van der Waals surface area contributed by atoms with Gasteiger partial charge in [0.05, 0.1) is 43.0 Å². The van der Waals surface area contributed by atoms with Crippen LogP contribution < -0.4 is 9.47 Å². The molecule has 28 heavy (non-hydrogen) atoms. The number of halogens is 1. The summed E-state index contributed by atoms with van der Waals surface area (Å²) in [5, 5.41) is 4.71. The van der Waals surface area contributed by atoms with E-state index in [-0.39, 0.29) is 23.3 Å². The monoisotopic (exact) mass is 424 g/mol. The number of carbonyl (C=O) groups is 1. The zero-order chi connectivity index (χ0) is 20.5. The van der Waals surface area contributed by atoms with Crippen molar-refractivity contribution >= 4 is 33.3 Å². The van der Waals surface area contributed by atoms with E-state index in [9.17, 15) is 13.2 Å². The fourth-order valence-corrected chi connectivity index (χ4v) is 5.25. The molecule has 0 radical (unpaired) electrons. The Bertz CT molecular complexity index is 1040. The van der Waals surface area contributed by atoms with Crippen molar-refractivity contribution in [2.75, 3.05) is 25.7 Å². The summed E-state index contributed by atoms with van der Waals surface area (Å²) in [6.45, 7) is 1.77. The van der Waals surface area contributed by atoms with Crippen LogP contribution in [0, 0.1) is 6.92 Å². The number of carbonyl (C=O) groups excluding carboxylic acids is 1. The zero-order valence-corrected chi connectivity index (χ0v) is 17.4. The van der Waals surface area contributed by atoms with Crippen molar-refractivity contribution in [1.82, 2.24) is 9.78 Å². The molecule has 0 spiro atoms. The molecule has 1 aliphatic rings. The molecule has 1 aliphatic heterocycles. The van der Waals surface area contributed by atoms with E-state index in [2.05, 4.69) is 5.10 Å². The van der Waals surface area contributed by atoms with Gasteiger partial charge in [-0.1, -0.05) is 11.6 Å². The maximum Gasteiger partial charge on any atom is 0.189 e. The summed E-state index contributed by atoms with van der Waals surface area (Å²) in [4.78, 5) is 12.6. The number of sulfone groups is 1. The summed E-state index contributed by atoms with van der Waals surface area (Å²) in [6.07, 6.45) is 3.47. The highest BCUT2D eigenvalue weighted by molar-refractivity contribution is 7.91. The van der Waals surface area contributed by atoms with Crippen LogP contribution >= 0.6 is 11.6 Å². The Kier molecular flexibility index (Phi) is 5.81. The number of hydrogen-bond acceptors (Lipinski definition) is 6. The average Bonchev–Trinajstić information content (AvgIpc) is 3.17. The molecule has 1 aromatic heterocycles. The highest BCUT2D eigenvalue weighted by Crippen LogP contribution is 2.31. The molecule has 1 aromatic carbocycles. The molecule has 2 heterocycles. The first-order valence-electron chi connectivity index (χ1n) is 8.65. The molecule has 7 nitrogen and oxygen atoms in total. The summed E-state index contributed by atoms with van der Waals surface area (Å²) in [6, 6.07) is 4.67. The van der Waals surface area contributed by atoms with Crippen molar-refractivity contribution < 1.29 is 22.7 Å². The lowest BCUT2D eigenvalue weighted by Gasteiger charge is -2.09. The van der Waals surface area contributed by atoms with Gasteiger partial charge < -0.3 is 9.47 Å². The number of rotatable bonds is 6. The Hall–Kier alpha value is -2.32. The first-order chi connectivity index (χ1) is 13.3. The molecule has 0 amide bonds. The summed E-state index contributed by atoms with van der Waals surface area (Å²) in [7, 11) is -0.0369. The van der Waals surface area contributed by atoms with Gasteiger partial charge in [0, 0.05) is 11.6 Å². The highest BCUT2D eigenvalue weighted by Gasteiger charge is 2.31. The standard InChI is InChI=1S/C19H21ClN2O5S/c1-12-15(19(20)22(21-12)13-8-9-28(24,25)11-13)6-7-17(23)16-5-4-14(26-2)10-18(16)27-3/h4-7,10,13H,8-9,11H2,1-3H3. The van der Waals surface area contributed by atoms with E-state index in [0.717, 1.165) is 0 Å². The summed E-state index contributed by atoms with van der Waals surface area (Å²) >= 11 is 6.43. The summed E-state index contributed by atoms with van der Waals surface area (Å²) in [5.41, 5.74) is 1.61. The third kappa shape index (κ3) is 4.07. The van der Waals surface area contributed by atoms with Gasteiger partial charge in [0.15, 0.2) is 15.6 Å². The molecular weight excluding hydrogens is 404 g/mol. The van der Waals surface area contributed by atoms with Crippen LogP contribution in [0.25, 0.3) is 6.08 Å². The van der Waals surface area contributed by atoms with E-state index in [1.807, 2.05) is 0 Å². The Morgan fingerprint density at radius 1 is 1.32 bits per heavy atom. The molecule has 1 saturated heterocycles. The number of benzene rings is 1. The lowest BCUT2D eigenvalue weighted by molar-refractivity contribution is 0.104. The van der Waals surface area contributed by atoms with Crippen molar-refractivity contribution in [2.24, 2.45) is 0 Å². The van der Waals surface area contributed by atoms with E-state index in [4.69, 9.17) is 21.1 Å². The first-order valence-corrected chi connectivity index (χ1v) is 10.8. The van der Waals surface area contributed by atoms with E-state index >= 15 is 0 Å². The van der Waals surface area contributed by atoms with Crippen LogP contribution in [0.3, 0.4) is 0 Å². The van der Waals surface area contributed by atoms with Crippen LogP contribution in [0.15, 0.2) is 24.3 Å². The van der Waals surface area contributed by atoms with Gasteiger partial charge >= 0.3 is 0 Å². The molecule has 1 fully saturated rings. The molecule has 9 heteroatoms. The number of methoxy groups -OCH3 is 2. The minimum Gasteiger partial charge on any atom is -0.497 e. The zero-order valence-electron chi connectivity index (χ0n) is 15.8. The Morgan fingerprint density at radius 2 is 2.07 bits per heavy atom. The third-order valence-corrected chi connectivity index (χ3v) is 6.83. The average molecular weight is 425 g/mol. The Morgan fingerprint density at radius 3 is 2.68 bits per heavy atom. The largest absolute Gasteiger partial charge is 0.497 e. The van der Waals surface area contributed by atoms with E-state index in [1.165, 1.54) is 20.3 Å². The second-order valence-electron chi connectivity index (χ2n) is 6.56. The second kappa shape index (κ2) is 7.97. The molecule has 3 rings (SSSR count). The van der Waals surface area contributed by atoms with Gasteiger partial charge in [0.1, 0.15) is 16.7 Å². The van der Waals surface area contributed by atoms with Gasteiger partial charge in [-0.2, -0.15) is 5.10 Å². The normalized spacial score (nSPS) is 18.5. The fraction of sp³-hybridized carbons (Fsp3) is 0.368. The quantitative estimate of drug-likeness (QED) is 0.523. The number of nitrogens with zero attached hydrogens (tertiary/aromatic N) is 2. The van der Waals surface area contributed by atoms with Crippen LogP contribution in [0.2, 0.25) is 5.15 Å². The first kappa shape index (κ1) is 20.4. The Balaban J connectivity index is 1.86. The molecule has 0 aliphatic carbocycles. The number of aryl methyl sites for hydroxylation is 1. The number of hydrogen-bond donors (Lipinski definition) is 0. The maximum absolute atomic E-state index is 12.6. The molecule has 1 unspecified atom stereocenters. The summed E-state index contributed by atoms with van der Waals surface area (Å²) in [5.74, 6) is 0.895. The van der Waals surface area contributed by atoms with Gasteiger partial charge in [-0.05, 0) is 37.6 Å². The van der Waals surface area contributed by atoms with Crippen LogP contribution in [-0.4, -0.2) is 49.7 Å². The fourth-order valence-electron chi connectivity index (χ4n) is 3.18. The van der Waals surface area contributed by atoms with Gasteiger partial charge in [-0.25, -0.2) is 13.1 Å². The lowest BCUT2D eigenvalue weighted by atomic mass is 10.1. The summed E-state index contributed by atoms with van der Waals surface area (Å²) < 4.78 is 35.4. The third-order valence-electron chi connectivity index (χ3n) is 4.70. The topological polar surface area (TPSA) is 87.5 Å². The number of aromatic nitrogens is 2. The van der Waals surface area contributed by atoms with Crippen molar-refractivity contribution in [3.8, 4) is 11.5 Å². The van der Waals surface area contributed by atoms with E-state index < -0.39 is 9.84 Å². The number of allylic oxidation sites excluding steroid dienone is 1. The molecule has 150 valence electrons. The number of ketones is 1. The SMILES string of the molecule is COc1ccc(C(=O)C=Cc2c(C)nn(C3CCS(=O)(=O)C3)c2Cl)c(OC)c1. The van der Waals surface area contributed by atoms with Crippen LogP contribution in [-0.2, 0) is 9.84 Å². The van der Waals surface area contributed by atoms with Gasteiger partial charge in [-0.3, -0.25) is 4.79 Å². The highest BCUT2D eigenvalue weighted by atomic mass is 35.5. The van der Waals surface area contributed by atoms with Crippen LogP contribution in [0.5, 0.6) is 11.5 Å². The van der Waals surface area contributed by atoms with Crippen molar-refractivity contribution in [2.45, 2.75) is 19.4 Å². The molecular formula is C19H21ClN2O5S. The molecule has 0 N–H and O–H groups in total.